The van der Waals surface area contributed by atoms with Crippen molar-refractivity contribution in [2.24, 2.45) is 17.8 Å². The molecule has 0 aromatic heterocycles. The van der Waals surface area contributed by atoms with Crippen molar-refractivity contribution in [3.8, 4) is 0 Å². The molecule has 0 heterocycles. The van der Waals surface area contributed by atoms with Gasteiger partial charge >= 0.3 is 5.97 Å². The average Bonchev–Trinajstić information content (AvgIpc) is 3.05. The second-order valence-electron chi connectivity index (χ2n) is 15.5. The lowest BCUT2D eigenvalue weighted by Crippen LogP contribution is -2.26. The highest BCUT2D eigenvalue weighted by Gasteiger charge is 2.29. The molecule has 2 heteroatoms. The van der Waals surface area contributed by atoms with Gasteiger partial charge in [0.2, 0.25) is 0 Å². The van der Waals surface area contributed by atoms with Gasteiger partial charge in [-0.05, 0) is 31.1 Å². The number of hydrogen-bond donors (Lipinski definition) is 1. The van der Waals surface area contributed by atoms with E-state index in [1.807, 2.05) is 0 Å². The van der Waals surface area contributed by atoms with Crippen molar-refractivity contribution in [1.82, 2.24) is 0 Å². The van der Waals surface area contributed by atoms with E-state index < -0.39 is 5.97 Å². The predicted molar refractivity (Wildman–Crippen MR) is 207 cm³/mol. The first kappa shape index (κ1) is 45.5. The molecule has 3 unspecified atom stereocenters. The number of carboxylic acids is 1. The fraction of sp³-hybridized carbons (Fsp3) is 0.977. The maximum atomic E-state index is 12.6. The van der Waals surface area contributed by atoms with Crippen LogP contribution in [0.15, 0.2) is 0 Å². The normalized spacial score (nSPS) is 13.7. The Morgan fingerprint density at radius 1 is 0.391 bits per heavy atom. The monoisotopic (exact) mass is 649 g/mol. The highest BCUT2D eigenvalue weighted by Crippen LogP contribution is 2.33. The lowest BCUT2D eigenvalue weighted by Gasteiger charge is -2.28. The summed E-state index contributed by atoms with van der Waals surface area (Å²) in [5.74, 6) is 0.452. The largest absolute Gasteiger partial charge is 0.481 e. The molecule has 0 spiro atoms. The Balaban J connectivity index is 4.26. The summed E-state index contributed by atoms with van der Waals surface area (Å²) in [6, 6.07) is 0. The summed E-state index contributed by atoms with van der Waals surface area (Å²) in [6.45, 7) is 9.20. The van der Waals surface area contributed by atoms with Gasteiger partial charge in [-0.2, -0.15) is 0 Å². The van der Waals surface area contributed by atoms with E-state index in [0.717, 1.165) is 25.7 Å². The van der Waals surface area contributed by atoms with Crippen LogP contribution in [0, 0.1) is 17.8 Å². The molecule has 0 aliphatic heterocycles. The first-order valence-corrected chi connectivity index (χ1v) is 21.8. The van der Waals surface area contributed by atoms with Crippen molar-refractivity contribution in [3.05, 3.63) is 0 Å². The third-order valence-electron chi connectivity index (χ3n) is 11.1. The Kier molecular flexibility index (Phi) is 36.9. The lowest BCUT2D eigenvalue weighted by atomic mass is 9.77. The number of carboxylic acid groups (broad SMARTS) is 1. The molecule has 3 atom stereocenters. The van der Waals surface area contributed by atoms with E-state index in [4.69, 9.17) is 0 Å². The van der Waals surface area contributed by atoms with E-state index in [1.165, 1.54) is 205 Å². The van der Waals surface area contributed by atoms with Crippen LogP contribution in [0.3, 0.4) is 0 Å². The summed E-state index contributed by atoms with van der Waals surface area (Å²) < 4.78 is 0. The van der Waals surface area contributed by atoms with Gasteiger partial charge in [0.05, 0.1) is 5.92 Å². The molecule has 0 aliphatic carbocycles. The van der Waals surface area contributed by atoms with E-state index in [9.17, 15) is 9.90 Å². The highest BCUT2D eigenvalue weighted by atomic mass is 16.4. The first-order chi connectivity index (χ1) is 22.6. The van der Waals surface area contributed by atoms with Crippen LogP contribution in [0.5, 0.6) is 0 Å². The van der Waals surface area contributed by atoms with E-state index in [2.05, 4.69) is 27.7 Å². The molecule has 46 heavy (non-hydrogen) atoms. The fourth-order valence-corrected chi connectivity index (χ4v) is 7.79. The topological polar surface area (TPSA) is 37.3 Å². The van der Waals surface area contributed by atoms with E-state index >= 15 is 0 Å². The van der Waals surface area contributed by atoms with Gasteiger partial charge in [0.25, 0.3) is 0 Å². The third kappa shape index (κ3) is 30.8. The first-order valence-electron chi connectivity index (χ1n) is 21.8. The second kappa shape index (κ2) is 37.3. The number of unbranched alkanes of at least 4 members (excludes halogenated alkanes) is 28. The molecule has 1 N–H and O–H groups in total. The van der Waals surface area contributed by atoms with Crippen LogP contribution in [0.2, 0.25) is 0 Å². The molecule has 276 valence electrons. The third-order valence-corrected chi connectivity index (χ3v) is 11.1. The molecule has 2 nitrogen and oxygen atoms in total. The van der Waals surface area contributed by atoms with Crippen LogP contribution in [0.25, 0.3) is 0 Å². The van der Waals surface area contributed by atoms with Gasteiger partial charge < -0.3 is 5.11 Å². The maximum Gasteiger partial charge on any atom is 0.306 e. The lowest BCUT2D eigenvalue weighted by molar-refractivity contribution is -0.144. The summed E-state index contributed by atoms with van der Waals surface area (Å²) in [6.07, 6.45) is 48.1. The minimum absolute atomic E-state index is 0.125. The van der Waals surface area contributed by atoms with Crippen molar-refractivity contribution in [2.75, 3.05) is 0 Å². The van der Waals surface area contributed by atoms with Crippen LogP contribution in [-0.4, -0.2) is 11.1 Å². The summed E-state index contributed by atoms with van der Waals surface area (Å²) in [5, 5.41) is 10.3. The summed E-state index contributed by atoms with van der Waals surface area (Å²) >= 11 is 0. The minimum Gasteiger partial charge on any atom is -0.481 e. The Hall–Kier alpha value is -0.530. The van der Waals surface area contributed by atoms with Crippen LogP contribution in [0.1, 0.15) is 259 Å². The van der Waals surface area contributed by atoms with Crippen LogP contribution < -0.4 is 0 Å². The molecule has 0 bridgehead atoms. The van der Waals surface area contributed by atoms with Crippen molar-refractivity contribution < 1.29 is 9.90 Å². The van der Waals surface area contributed by atoms with Crippen LogP contribution in [-0.2, 0) is 4.79 Å². The van der Waals surface area contributed by atoms with Crippen molar-refractivity contribution in [2.45, 2.75) is 259 Å². The predicted octanol–water partition coefficient (Wildman–Crippen LogP) is 16.0. The van der Waals surface area contributed by atoms with Gasteiger partial charge in [0, 0.05) is 0 Å². The molecule has 0 aromatic carbocycles. The number of carbonyl (C=O) groups is 1. The molecule has 0 saturated heterocycles. The Morgan fingerprint density at radius 2 is 0.696 bits per heavy atom. The van der Waals surface area contributed by atoms with Gasteiger partial charge in [-0.3, -0.25) is 4.79 Å². The molecular weight excluding hydrogens is 560 g/mol. The fourth-order valence-electron chi connectivity index (χ4n) is 7.79. The zero-order valence-electron chi connectivity index (χ0n) is 32.5. The van der Waals surface area contributed by atoms with Gasteiger partial charge in [-0.1, -0.05) is 240 Å². The number of rotatable bonds is 39. The van der Waals surface area contributed by atoms with E-state index in [1.54, 1.807) is 0 Å². The Bertz CT molecular complexity index is 586. The minimum atomic E-state index is -0.508. The van der Waals surface area contributed by atoms with Crippen LogP contribution >= 0.6 is 0 Å². The standard InChI is InChI=1S/C44H88O2/c1-5-9-12-14-16-18-20-22-24-25-27-29-31-33-35-38-42(40-41(8-4)37-11-7-3)43(44(45)46)39-36-34-32-30-28-26-23-21-19-17-15-13-10-6-2/h41-43H,5-40H2,1-4H3,(H,45,46). The molecule has 0 aliphatic rings. The molecule has 0 fully saturated rings. The van der Waals surface area contributed by atoms with Gasteiger partial charge in [-0.15, -0.1) is 0 Å². The second-order valence-corrected chi connectivity index (χ2v) is 15.5. The van der Waals surface area contributed by atoms with E-state index in [-0.39, 0.29) is 5.92 Å². The molecule has 0 saturated carbocycles. The molecular formula is C44H88O2. The summed E-state index contributed by atoms with van der Waals surface area (Å²) in [4.78, 5) is 12.6. The molecule has 0 amide bonds. The number of aliphatic carboxylic acids is 1. The van der Waals surface area contributed by atoms with E-state index in [0.29, 0.717) is 11.8 Å². The SMILES string of the molecule is CCCCCCCCCCCCCCCCCC(CC(CC)CCCC)C(CCCCCCCCCCCCCCCC)C(=O)O. The smallest absolute Gasteiger partial charge is 0.306 e. The van der Waals surface area contributed by atoms with Gasteiger partial charge in [0.1, 0.15) is 0 Å². The number of hydrogen-bond acceptors (Lipinski definition) is 1. The highest BCUT2D eigenvalue weighted by molar-refractivity contribution is 5.70. The summed E-state index contributed by atoms with van der Waals surface area (Å²) in [7, 11) is 0. The van der Waals surface area contributed by atoms with Crippen LogP contribution in [0.4, 0.5) is 0 Å². The molecule has 0 rings (SSSR count). The summed E-state index contributed by atoms with van der Waals surface area (Å²) in [5.41, 5.74) is 0. The Morgan fingerprint density at radius 3 is 1.00 bits per heavy atom. The molecule has 0 aromatic rings. The zero-order valence-corrected chi connectivity index (χ0v) is 32.5. The van der Waals surface area contributed by atoms with Crippen molar-refractivity contribution in [1.29, 1.82) is 0 Å². The van der Waals surface area contributed by atoms with Crippen molar-refractivity contribution in [3.63, 3.8) is 0 Å². The average molecular weight is 649 g/mol. The van der Waals surface area contributed by atoms with Gasteiger partial charge in [-0.25, -0.2) is 0 Å². The Labute approximate surface area is 291 Å². The zero-order chi connectivity index (χ0) is 33.8. The quantitative estimate of drug-likeness (QED) is 0.0673. The van der Waals surface area contributed by atoms with Gasteiger partial charge in [0.15, 0.2) is 0 Å². The molecule has 0 radical (unpaired) electrons. The maximum absolute atomic E-state index is 12.6. The van der Waals surface area contributed by atoms with Crippen molar-refractivity contribution >= 4 is 5.97 Å².